The molecule has 0 radical (unpaired) electrons. The molecule has 0 spiro atoms. The second kappa shape index (κ2) is 8.87. The van der Waals surface area contributed by atoms with Crippen LogP contribution < -0.4 is 35.3 Å². The van der Waals surface area contributed by atoms with Gasteiger partial charge in [-0.2, -0.15) is 0 Å². The molecule has 3 heteroatoms. The third-order valence-electron chi connectivity index (χ3n) is 0.144. The van der Waals surface area contributed by atoms with Crippen LogP contribution in [0.15, 0.2) is 0 Å². The van der Waals surface area contributed by atoms with E-state index in [2.05, 4.69) is 0 Å². The van der Waals surface area contributed by atoms with Crippen LogP contribution in [0, 0.1) is 0 Å². The summed E-state index contributed by atoms with van der Waals surface area (Å²) in [6.07, 6.45) is 0. The number of hydrogen-bond acceptors (Lipinski definition) is 1. The van der Waals surface area contributed by atoms with Crippen LogP contribution in [0.2, 0.25) is 0 Å². The zero-order valence-corrected chi connectivity index (χ0v) is 5.49. The van der Waals surface area contributed by atoms with Gasteiger partial charge in [-0.1, -0.05) is 0 Å². The molecular weight excluding hydrogens is 75.0 g/mol. The summed E-state index contributed by atoms with van der Waals surface area (Å²) < 4.78 is 0. The predicted octanol–water partition coefficient (Wildman–Crippen LogP) is -3.00. The van der Waals surface area contributed by atoms with Crippen LogP contribution in [0.1, 0.15) is 0 Å². The molecule has 3 N–H and O–H groups in total. The van der Waals surface area contributed by atoms with Crippen LogP contribution in [-0.2, 0) is 0 Å². The summed E-state index contributed by atoms with van der Waals surface area (Å²) in [5.74, 6) is 0. The predicted molar refractivity (Wildman–Crippen MR) is 18.2 cm³/mol. The van der Waals surface area contributed by atoms with Crippen LogP contribution in [0.5, 0.6) is 0 Å². The molecule has 0 saturated carbocycles. The zero-order chi connectivity index (χ0) is 3.41. The van der Waals surface area contributed by atoms with Crippen molar-refractivity contribution >= 4 is 0 Å². The van der Waals surface area contributed by atoms with Crippen molar-refractivity contribution < 1.29 is 29.6 Å². The van der Waals surface area contributed by atoms with Gasteiger partial charge < -0.3 is 11.5 Å². The molecule has 0 aliphatic heterocycles. The van der Waals surface area contributed by atoms with Gasteiger partial charge in [0, 0.05) is 0 Å². The fraction of sp³-hybridized carbons (Fsp3) is 1.00. The molecule has 0 aromatic heterocycles. The largest absolute Gasteiger partial charge is 1.00 e. The Morgan fingerprint density at radius 3 is 1.80 bits per heavy atom. The Morgan fingerprint density at radius 2 is 1.80 bits per heavy atom. The molecule has 5 heavy (non-hydrogen) atoms. The molecule has 0 rings (SSSR count). The Morgan fingerprint density at radius 1 is 1.60 bits per heavy atom. The van der Waals surface area contributed by atoms with Crippen molar-refractivity contribution in [3.8, 4) is 0 Å². The summed E-state index contributed by atoms with van der Waals surface area (Å²) in [6.45, 7) is 0.833. The maximum absolute atomic E-state index is 6.33. The quantitative estimate of drug-likeness (QED) is 0.337. The maximum atomic E-state index is 6.33. The van der Waals surface area contributed by atoms with E-state index < -0.39 is 0 Å². The Bertz CT molecular complexity index is 9.61. The van der Waals surface area contributed by atoms with Crippen LogP contribution in [0.4, 0.5) is 0 Å². The molecule has 0 fully saturated rings. The summed E-state index contributed by atoms with van der Waals surface area (Å²) in [5.41, 5.74) is 11.2. The first-order valence-corrected chi connectivity index (χ1v) is 1.26. The molecule has 0 amide bonds. The maximum Gasteiger partial charge on any atom is 1.00 e. The van der Waals surface area contributed by atoms with Gasteiger partial charge in [-0.25, -0.2) is 0 Å². The number of hydrogen-bond donors (Lipinski definition) is 1. The Kier molecular flexibility index (Phi) is 16.5. The summed E-state index contributed by atoms with van der Waals surface area (Å²) in [6, 6.07) is 0. The van der Waals surface area contributed by atoms with Gasteiger partial charge in [-0.15, -0.1) is 6.54 Å². The molecule has 0 aliphatic rings. The summed E-state index contributed by atoms with van der Waals surface area (Å²) in [4.78, 5) is 0. The normalized spacial score (nSPS) is 6.00. The smallest absolute Gasteiger partial charge is 0.676 e. The van der Waals surface area contributed by atoms with Crippen LogP contribution >= 0.6 is 0 Å². The van der Waals surface area contributed by atoms with Gasteiger partial charge in [0.1, 0.15) is 0 Å². The van der Waals surface area contributed by atoms with E-state index in [0.717, 1.165) is 0 Å². The van der Waals surface area contributed by atoms with Crippen LogP contribution in [-0.4, -0.2) is 13.1 Å². The monoisotopic (exact) mass is 82.1 g/mol. The van der Waals surface area contributed by atoms with Gasteiger partial charge in [0.05, 0.1) is 0 Å². The third-order valence-corrected chi connectivity index (χ3v) is 0.144. The van der Waals surface area contributed by atoms with Gasteiger partial charge in [0.2, 0.25) is 0 Å². The zero-order valence-electron chi connectivity index (χ0n) is 3.49. The van der Waals surface area contributed by atoms with Gasteiger partial charge in [-0.05, 0) is 6.54 Å². The third kappa shape index (κ3) is 11.4. The van der Waals surface area contributed by atoms with E-state index >= 15 is 0 Å². The van der Waals surface area contributed by atoms with Crippen molar-refractivity contribution in [1.29, 1.82) is 0 Å². The van der Waals surface area contributed by atoms with Crippen molar-refractivity contribution in [2.75, 3.05) is 13.1 Å². The molecule has 0 saturated heterocycles. The molecule has 0 aliphatic carbocycles. The van der Waals surface area contributed by atoms with Gasteiger partial charge in [0.15, 0.2) is 0 Å². The second-order valence-electron chi connectivity index (χ2n) is 0.539. The standard InChI is InChI=1S/C2H7N2.Na/c3-1-2-4;/h3H,1-2,4H2;/q-1;+1. The van der Waals surface area contributed by atoms with E-state index in [1.807, 2.05) is 0 Å². The first kappa shape index (κ1) is 9.33. The Balaban J connectivity index is 0. The Hall–Kier alpha value is 0.920. The van der Waals surface area contributed by atoms with Gasteiger partial charge in [-0.3, -0.25) is 0 Å². The summed E-state index contributed by atoms with van der Waals surface area (Å²) in [7, 11) is 0. The number of rotatable bonds is 1. The molecule has 0 aromatic carbocycles. The number of nitrogens with one attached hydrogen (secondary N) is 1. The van der Waals surface area contributed by atoms with E-state index in [1.165, 1.54) is 0 Å². The van der Waals surface area contributed by atoms with Crippen molar-refractivity contribution in [1.82, 2.24) is 0 Å². The molecule has 26 valence electrons. The van der Waals surface area contributed by atoms with Crippen molar-refractivity contribution in [3.63, 3.8) is 0 Å². The van der Waals surface area contributed by atoms with E-state index in [4.69, 9.17) is 11.5 Å². The average molecular weight is 82.1 g/mol. The molecule has 0 aromatic rings. The molecule has 0 atom stereocenters. The van der Waals surface area contributed by atoms with E-state index in [-0.39, 0.29) is 29.6 Å². The van der Waals surface area contributed by atoms with Crippen molar-refractivity contribution in [3.05, 3.63) is 5.73 Å². The van der Waals surface area contributed by atoms with Crippen LogP contribution in [0.3, 0.4) is 0 Å². The minimum absolute atomic E-state index is 0. The molecule has 0 bridgehead atoms. The average Bonchev–Trinajstić information content (AvgIpc) is 1.37. The van der Waals surface area contributed by atoms with E-state index in [0.29, 0.717) is 13.1 Å². The van der Waals surface area contributed by atoms with Gasteiger partial charge >= 0.3 is 29.6 Å². The van der Waals surface area contributed by atoms with Crippen molar-refractivity contribution in [2.45, 2.75) is 0 Å². The first-order valence-electron chi connectivity index (χ1n) is 1.26. The van der Waals surface area contributed by atoms with E-state index in [9.17, 15) is 0 Å². The molecular formula is C2H7N2Na. The Labute approximate surface area is 54.2 Å². The minimum Gasteiger partial charge on any atom is -0.676 e. The first-order chi connectivity index (χ1) is 1.91. The molecule has 0 unspecified atom stereocenters. The topological polar surface area (TPSA) is 49.8 Å². The number of nitrogens with two attached hydrogens (primary N) is 1. The summed E-state index contributed by atoms with van der Waals surface area (Å²) >= 11 is 0. The summed E-state index contributed by atoms with van der Waals surface area (Å²) in [5, 5.41) is 0. The second-order valence-corrected chi connectivity index (χ2v) is 0.539. The fourth-order valence-corrected chi connectivity index (χ4v) is 0. The van der Waals surface area contributed by atoms with E-state index in [1.54, 1.807) is 0 Å². The molecule has 2 nitrogen and oxygen atoms in total. The SMILES string of the molecule is [NH-]CCN.[Na+]. The minimum atomic E-state index is 0. The van der Waals surface area contributed by atoms with Crippen LogP contribution in [0.25, 0.3) is 5.73 Å². The van der Waals surface area contributed by atoms with Crippen molar-refractivity contribution in [2.24, 2.45) is 5.73 Å². The van der Waals surface area contributed by atoms with Gasteiger partial charge in [0.25, 0.3) is 0 Å². The fourth-order valence-electron chi connectivity index (χ4n) is 0. The molecule has 0 heterocycles.